The van der Waals surface area contributed by atoms with Crippen molar-refractivity contribution >= 4 is 41.3 Å². The van der Waals surface area contributed by atoms with Gasteiger partial charge in [0.05, 0.1) is 23.9 Å². The summed E-state index contributed by atoms with van der Waals surface area (Å²) in [6, 6.07) is 24.2. The fourth-order valence-electron chi connectivity index (χ4n) is 3.44. The van der Waals surface area contributed by atoms with Crippen molar-refractivity contribution < 1.29 is 23.8 Å². The number of carbonyl (C=O) groups excluding carboxylic acids is 2. The standard InChI is InChI=1S/C30H24Cl2N2O5/c1-19-3-5-20(6-4-19)18-38-24-11-8-22(9-12-24)29(35)34-33-17-21-7-14-27(28(15-21)37-2)39-30(36)25-13-10-23(31)16-26(25)32/h3-17H,18H2,1-2H3,(H,34,35)/b33-17+. The molecule has 4 aromatic rings. The zero-order valence-corrected chi connectivity index (χ0v) is 22.6. The third-order valence-corrected chi connectivity index (χ3v) is 6.11. The third-order valence-electron chi connectivity index (χ3n) is 5.56. The second-order valence-corrected chi connectivity index (χ2v) is 9.27. The molecule has 0 aliphatic heterocycles. The van der Waals surface area contributed by atoms with Crippen LogP contribution in [0.2, 0.25) is 10.0 Å². The Hall–Kier alpha value is -4.33. The van der Waals surface area contributed by atoms with E-state index in [4.69, 9.17) is 37.4 Å². The van der Waals surface area contributed by atoms with Crippen LogP contribution in [-0.2, 0) is 6.61 Å². The first-order valence-electron chi connectivity index (χ1n) is 11.8. The highest BCUT2D eigenvalue weighted by Gasteiger charge is 2.16. The summed E-state index contributed by atoms with van der Waals surface area (Å²) in [5.74, 6) is 0.107. The second kappa shape index (κ2) is 13.0. The first kappa shape index (κ1) is 27.7. The Labute approximate surface area is 235 Å². The van der Waals surface area contributed by atoms with E-state index in [1.54, 1.807) is 48.5 Å². The van der Waals surface area contributed by atoms with Crippen molar-refractivity contribution in [1.82, 2.24) is 5.43 Å². The van der Waals surface area contributed by atoms with Crippen molar-refractivity contribution in [3.63, 3.8) is 0 Å². The monoisotopic (exact) mass is 562 g/mol. The number of esters is 1. The van der Waals surface area contributed by atoms with Gasteiger partial charge in [0.25, 0.3) is 5.91 Å². The van der Waals surface area contributed by atoms with Crippen LogP contribution in [0.25, 0.3) is 0 Å². The van der Waals surface area contributed by atoms with Crippen LogP contribution in [-0.4, -0.2) is 25.2 Å². The fraction of sp³-hybridized carbons (Fsp3) is 0.100. The summed E-state index contributed by atoms with van der Waals surface area (Å²) in [7, 11) is 1.44. The smallest absolute Gasteiger partial charge is 0.345 e. The molecule has 198 valence electrons. The number of hydrazone groups is 1. The summed E-state index contributed by atoms with van der Waals surface area (Å²) in [5, 5.41) is 4.59. The van der Waals surface area contributed by atoms with Crippen LogP contribution in [0.4, 0.5) is 0 Å². The summed E-state index contributed by atoms with van der Waals surface area (Å²) in [6.45, 7) is 2.47. The number of hydrogen-bond acceptors (Lipinski definition) is 6. The zero-order chi connectivity index (χ0) is 27.8. The molecule has 0 bridgehead atoms. The minimum Gasteiger partial charge on any atom is -0.493 e. The van der Waals surface area contributed by atoms with Gasteiger partial charge < -0.3 is 14.2 Å². The lowest BCUT2D eigenvalue weighted by molar-refractivity contribution is 0.0729. The average Bonchev–Trinajstić information content (AvgIpc) is 2.93. The highest BCUT2D eigenvalue weighted by atomic mass is 35.5. The molecule has 9 heteroatoms. The highest BCUT2D eigenvalue weighted by Crippen LogP contribution is 2.30. The van der Waals surface area contributed by atoms with E-state index in [0.717, 1.165) is 5.56 Å². The van der Waals surface area contributed by atoms with E-state index in [0.29, 0.717) is 34.3 Å². The quantitative estimate of drug-likeness (QED) is 0.104. The van der Waals surface area contributed by atoms with Crippen molar-refractivity contribution in [2.75, 3.05) is 7.11 Å². The number of amides is 1. The van der Waals surface area contributed by atoms with Gasteiger partial charge in [0, 0.05) is 10.6 Å². The predicted octanol–water partition coefficient (Wildman–Crippen LogP) is 6.87. The van der Waals surface area contributed by atoms with Gasteiger partial charge in [0.15, 0.2) is 11.5 Å². The molecule has 4 aromatic carbocycles. The summed E-state index contributed by atoms with van der Waals surface area (Å²) in [5.41, 5.74) is 5.94. The van der Waals surface area contributed by atoms with E-state index >= 15 is 0 Å². The number of benzene rings is 4. The van der Waals surface area contributed by atoms with Gasteiger partial charge in [-0.15, -0.1) is 0 Å². The molecule has 4 rings (SSSR count). The number of hydrogen-bond donors (Lipinski definition) is 1. The minimum atomic E-state index is -0.657. The molecule has 0 spiro atoms. The van der Waals surface area contributed by atoms with E-state index in [2.05, 4.69) is 10.5 Å². The molecule has 0 aromatic heterocycles. The minimum absolute atomic E-state index is 0.169. The maximum Gasteiger partial charge on any atom is 0.345 e. The molecular weight excluding hydrogens is 539 g/mol. The molecule has 0 aliphatic carbocycles. The number of rotatable bonds is 9. The van der Waals surface area contributed by atoms with Crippen molar-refractivity contribution in [3.8, 4) is 17.2 Å². The van der Waals surface area contributed by atoms with Gasteiger partial charge in [-0.3, -0.25) is 4.79 Å². The number of aryl methyl sites for hydroxylation is 1. The van der Waals surface area contributed by atoms with Crippen LogP contribution in [0.1, 0.15) is 37.4 Å². The average molecular weight is 563 g/mol. The Balaban J connectivity index is 1.33. The zero-order valence-electron chi connectivity index (χ0n) is 21.1. The van der Waals surface area contributed by atoms with Crippen molar-refractivity contribution in [1.29, 1.82) is 0 Å². The van der Waals surface area contributed by atoms with Crippen LogP contribution < -0.4 is 19.6 Å². The van der Waals surface area contributed by atoms with Gasteiger partial charge >= 0.3 is 5.97 Å². The normalized spacial score (nSPS) is 10.8. The molecule has 0 heterocycles. The van der Waals surface area contributed by atoms with Crippen LogP contribution in [0.15, 0.2) is 90.0 Å². The molecule has 0 saturated heterocycles. The Bertz CT molecular complexity index is 1500. The molecule has 0 unspecified atom stereocenters. The predicted molar refractivity (Wildman–Crippen MR) is 151 cm³/mol. The summed E-state index contributed by atoms with van der Waals surface area (Å²) < 4.78 is 16.6. The van der Waals surface area contributed by atoms with Crippen LogP contribution in [0.3, 0.4) is 0 Å². The van der Waals surface area contributed by atoms with E-state index < -0.39 is 5.97 Å². The first-order chi connectivity index (χ1) is 18.8. The molecular formula is C30H24Cl2N2O5. The number of nitrogens with one attached hydrogen (secondary N) is 1. The van der Waals surface area contributed by atoms with Crippen molar-refractivity contribution in [3.05, 3.63) is 123 Å². The topological polar surface area (TPSA) is 86.2 Å². The number of halogens is 2. The first-order valence-corrected chi connectivity index (χ1v) is 12.5. The van der Waals surface area contributed by atoms with Gasteiger partial charge in [0.2, 0.25) is 0 Å². The van der Waals surface area contributed by atoms with E-state index in [9.17, 15) is 9.59 Å². The molecule has 39 heavy (non-hydrogen) atoms. The van der Waals surface area contributed by atoms with Crippen molar-refractivity contribution in [2.45, 2.75) is 13.5 Å². The molecule has 0 aliphatic rings. The molecule has 1 N–H and O–H groups in total. The number of carbonyl (C=O) groups is 2. The van der Waals surface area contributed by atoms with Crippen LogP contribution >= 0.6 is 23.2 Å². The van der Waals surface area contributed by atoms with Gasteiger partial charge in [-0.1, -0.05) is 53.0 Å². The maximum absolute atomic E-state index is 12.5. The summed E-state index contributed by atoms with van der Waals surface area (Å²) in [6.07, 6.45) is 1.45. The van der Waals surface area contributed by atoms with Crippen LogP contribution in [0.5, 0.6) is 17.2 Å². The van der Waals surface area contributed by atoms with Crippen molar-refractivity contribution in [2.24, 2.45) is 5.10 Å². The summed E-state index contributed by atoms with van der Waals surface area (Å²) in [4.78, 5) is 25.0. The van der Waals surface area contributed by atoms with Gasteiger partial charge in [-0.05, 0) is 78.7 Å². The van der Waals surface area contributed by atoms with Gasteiger partial charge in [-0.2, -0.15) is 5.10 Å². The Kier molecular flexibility index (Phi) is 9.20. The third kappa shape index (κ3) is 7.60. The van der Waals surface area contributed by atoms with E-state index in [1.807, 2.05) is 31.2 Å². The maximum atomic E-state index is 12.5. The number of methoxy groups -OCH3 is 1. The largest absolute Gasteiger partial charge is 0.493 e. The van der Waals surface area contributed by atoms with E-state index in [1.165, 1.54) is 31.0 Å². The molecule has 0 fully saturated rings. The highest BCUT2D eigenvalue weighted by molar-refractivity contribution is 6.36. The lowest BCUT2D eigenvalue weighted by atomic mass is 10.2. The lowest BCUT2D eigenvalue weighted by Crippen LogP contribution is -2.17. The Morgan fingerprint density at radius 3 is 2.33 bits per heavy atom. The Morgan fingerprint density at radius 1 is 0.897 bits per heavy atom. The molecule has 0 saturated carbocycles. The molecule has 7 nitrogen and oxygen atoms in total. The SMILES string of the molecule is COc1cc(/C=N/NC(=O)c2ccc(OCc3ccc(C)cc3)cc2)ccc1OC(=O)c1ccc(Cl)cc1Cl. The summed E-state index contributed by atoms with van der Waals surface area (Å²) >= 11 is 12.0. The fourth-order valence-corrected chi connectivity index (χ4v) is 3.93. The van der Waals surface area contributed by atoms with Gasteiger partial charge in [-0.25, -0.2) is 10.2 Å². The number of ether oxygens (including phenoxy) is 3. The molecule has 0 atom stereocenters. The number of nitrogens with zero attached hydrogens (tertiary/aromatic N) is 1. The molecule has 0 radical (unpaired) electrons. The lowest BCUT2D eigenvalue weighted by Gasteiger charge is -2.10. The van der Waals surface area contributed by atoms with E-state index in [-0.39, 0.29) is 22.2 Å². The Morgan fingerprint density at radius 2 is 1.64 bits per heavy atom. The van der Waals surface area contributed by atoms with Crippen LogP contribution in [0, 0.1) is 6.92 Å². The van der Waals surface area contributed by atoms with Gasteiger partial charge in [0.1, 0.15) is 12.4 Å². The molecule has 1 amide bonds. The second-order valence-electron chi connectivity index (χ2n) is 8.42.